The van der Waals surface area contributed by atoms with Crippen molar-refractivity contribution in [3.8, 4) is 11.5 Å². The van der Waals surface area contributed by atoms with Crippen molar-refractivity contribution in [1.29, 1.82) is 0 Å². The third kappa shape index (κ3) is 5.19. The average molecular weight is 526 g/mol. The molecule has 0 aromatic heterocycles. The largest absolute Gasteiger partial charge is 0.493 e. The average Bonchev–Trinajstić information content (AvgIpc) is 2.68. The maximum absolute atomic E-state index is 6.16. The fourth-order valence-corrected chi connectivity index (χ4v) is 3.78. The van der Waals surface area contributed by atoms with Gasteiger partial charge in [-0.15, -0.1) is 0 Å². The monoisotopic (exact) mass is 525 g/mol. The molecule has 3 rings (SSSR count). The molecule has 0 aliphatic heterocycles. The maximum atomic E-state index is 6.16. The molecule has 0 bridgehead atoms. The normalized spacial score (nSPS) is 11.0. The Hall–Kier alpha value is -1.76. The molecule has 0 aliphatic rings. The lowest BCUT2D eigenvalue weighted by Gasteiger charge is -2.14. The molecule has 3 aromatic rings. The second kappa shape index (κ2) is 9.63. The SMILES string of the molecule is COc1cc(C=Nc2cccc(Cl)c2C)cc(I)c1OCc1cccc(Cl)c1. The van der Waals surface area contributed by atoms with E-state index in [1.807, 2.05) is 61.5 Å². The second-order valence-electron chi connectivity index (χ2n) is 6.09. The molecule has 0 spiro atoms. The molecular formula is C22H18Cl2INO2. The highest BCUT2D eigenvalue weighted by molar-refractivity contribution is 14.1. The summed E-state index contributed by atoms with van der Waals surface area (Å²) in [6.07, 6.45) is 1.80. The smallest absolute Gasteiger partial charge is 0.174 e. The standard InChI is InChI=1S/C22H18Cl2INO2/c1-14-18(24)7-4-8-20(14)26-12-16-10-19(25)22(21(11-16)27-2)28-13-15-5-3-6-17(23)9-15/h3-12H,13H2,1-2H3. The summed E-state index contributed by atoms with van der Waals surface area (Å²) in [6.45, 7) is 2.36. The fraction of sp³-hybridized carbons (Fsp3) is 0.136. The van der Waals surface area contributed by atoms with E-state index < -0.39 is 0 Å². The number of benzene rings is 3. The first-order chi connectivity index (χ1) is 13.5. The van der Waals surface area contributed by atoms with Crippen LogP contribution in [0.1, 0.15) is 16.7 Å². The molecule has 0 fully saturated rings. The summed E-state index contributed by atoms with van der Waals surface area (Å²) in [4.78, 5) is 4.56. The van der Waals surface area contributed by atoms with Crippen molar-refractivity contribution < 1.29 is 9.47 Å². The molecule has 0 N–H and O–H groups in total. The molecule has 0 saturated carbocycles. The van der Waals surface area contributed by atoms with Gasteiger partial charge in [0, 0.05) is 16.3 Å². The molecule has 0 unspecified atom stereocenters. The van der Waals surface area contributed by atoms with Gasteiger partial charge in [-0.3, -0.25) is 4.99 Å². The Balaban J connectivity index is 1.83. The highest BCUT2D eigenvalue weighted by Crippen LogP contribution is 2.34. The van der Waals surface area contributed by atoms with E-state index in [-0.39, 0.29) is 0 Å². The third-order valence-corrected chi connectivity index (χ3v) is 5.56. The summed E-state index contributed by atoms with van der Waals surface area (Å²) >= 11 is 14.4. The van der Waals surface area contributed by atoms with E-state index in [4.69, 9.17) is 32.7 Å². The summed E-state index contributed by atoms with van der Waals surface area (Å²) in [5.41, 5.74) is 3.69. The first kappa shape index (κ1) is 21.0. The van der Waals surface area contributed by atoms with Gasteiger partial charge in [-0.1, -0.05) is 41.4 Å². The Kier molecular flexibility index (Phi) is 7.21. The van der Waals surface area contributed by atoms with Crippen molar-refractivity contribution in [2.75, 3.05) is 7.11 Å². The zero-order chi connectivity index (χ0) is 20.1. The molecule has 0 aliphatic carbocycles. The van der Waals surface area contributed by atoms with E-state index in [0.29, 0.717) is 28.2 Å². The van der Waals surface area contributed by atoms with Crippen LogP contribution in [-0.4, -0.2) is 13.3 Å². The van der Waals surface area contributed by atoms with Crippen molar-refractivity contribution in [2.24, 2.45) is 4.99 Å². The Morgan fingerprint density at radius 1 is 1.07 bits per heavy atom. The quantitative estimate of drug-likeness (QED) is 0.251. The summed E-state index contributed by atoms with van der Waals surface area (Å²) < 4.78 is 12.5. The topological polar surface area (TPSA) is 30.8 Å². The minimum absolute atomic E-state index is 0.405. The number of hydrogen-bond acceptors (Lipinski definition) is 3. The molecule has 0 amide bonds. The van der Waals surface area contributed by atoms with Gasteiger partial charge in [-0.2, -0.15) is 0 Å². The number of hydrogen-bond donors (Lipinski definition) is 0. The molecule has 0 saturated heterocycles. The molecule has 3 nitrogen and oxygen atoms in total. The van der Waals surface area contributed by atoms with Gasteiger partial charge < -0.3 is 9.47 Å². The van der Waals surface area contributed by atoms with Gasteiger partial charge in [-0.05, 0) is 82.6 Å². The van der Waals surface area contributed by atoms with Crippen LogP contribution >= 0.6 is 45.8 Å². The van der Waals surface area contributed by atoms with Gasteiger partial charge in [0.1, 0.15) is 6.61 Å². The molecule has 6 heteroatoms. The number of methoxy groups -OCH3 is 1. The van der Waals surface area contributed by atoms with Crippen LogP contribution in [0.3, 0.4) is 0 Å². The highest BCUT2D eigenvalue weighted by atomic mass is 127. The first-order valence-corrected chi connectivity index (χ1v) is 10.4. The zero-order valence-electron chi connectivity index (χ0n) is 15.4. The molecular weight excluding hydrogens is 508 g/mol. The molecule has 0 radical (unpaired) electrons. The lowest BCUT2D eigenvalue weighted by Crippen LogP contribution is -2.00. The molecule has 0 heterocycles. The van der Waals surface area contributed by atoms with Crippen LogP contribution in [0.15, 0.2) is 59.6 Å². The fourth-order valence-electron chi connectivity index (χ4n) is 2.62. The Labute approximate surface area is 188 Å². The molecule has 0 atom stereocenters. The molecule has 144 valence electrons. The van der Waals surface area contributed by atoms with Crippen molar-refractivity contribution in [3.63, 3.8) is 0 Å². The third-order valence-electron chi connectivity index (χ3n) is 4.12. The van der Waals surface area contributed by atoms with Crippen molar-refractivity contribution >= 4 is 57.7 Å². The maximum Gasteiger partial charge on any atom is 0.174 e. The molecule has 3 aromatic carbocycles. The summed E-state index contributed by atoms with van der Waals surface area (Å²) in [6, 6.07) is 17.2. The summed E-state index contributed by atoms with van der Waals surface area (Å²) in [5, 5.41) is 1.39. The molecule has 28 heavy (non-hydrogen) atoms. The number of halogens is 3. The van der Waals surface area contributed by atoms with Crippen LogP contribution in [0, 0.1) is 10.5 Å². The van der Waals surface area contributed by atoms with Crippen LogP contribution in [0.4, 0.5) is 5.69 Å². The summed E-state index contributed by atoms with van der Waals surface area (Å²) in [5.74, 6) is 1.34. The van der Waals surface area contributed by atoms with Gasteiger partial charge in [-0.25, -0.2) is 0 Å². The number of rotatable bonds is 6. The lowest BCUT2D eigenvalue weighted by atomic mass is 10.2. The lowest BCUT2D eigenvalue weighted by molar-refractivity contribution is 0.282. The van der Waals surface area contributed by atoms with Gasteiger partial charge in [0.2, 0.25) is 0 Å². The Morgan fingerprint density at radius 2 is 1.86 bits per heavy atom. The predicted molar refractivity (Wildman–Crippen MR) is 125 cm³/mol. The first-order valence-electron chi connectivity index (χ1n) is 8.52. The number of aliphatic imine (C=N–C) groups is 1. The zero-order valence-corrected chi connectivity index (χ0v) is 19.0. The number of nitrogens with zero attached hydrogens (tertiary/aromatic N) is 1. The van der Waals surface area contributed by atoms with Crippen molar-refractivity contribution in [1.82, 2.24) is 0 Å². The van der Waals surface area contributed by atoms with E-state index in [1.54, 1.807) is 13.3 Å². The highest BCUT2D eigenvalue weighted by Gasteiger charge is 2.12. The summed E-state index contributed by atoms with van der Waals surface area (Å²) in [7, 11) is 1.62. The van der Waals surface area contributed by atoms with Gasteiger partial charge in [0.15, 0.2) is 11.5 Å². The van der Waals surface area contributed by atoms with Gasteiger partial charge >= 0.3 is 0 Å². The number of ether oxygens (including phenoxy) is 2. The van der Waals surface area contributed by atoms with Gasteiger partial charge in [0.05, 0.1) is 16.4 Å². The van der Waals surface area contributed by atoms with Crippen LogP contribution in [0.25, 0.3) is 0 Å². The van der Waals surface area contributed by atoms with Crippen molar-refractivity contribution in [2.45, 2.75) is 13.5 Å². The second-order valence-corrected chi connectivity index (χ2v) is 8.10. The van der Waals surface area contributed by atoms with E-state index in [1.165, 1.54) is 0 Å². The van der Waals surface area contributed by atoms with E-state index >= 15 is 0 Å². The van der Waals surface area contributed by atoms with E-state index in [9.17, 15) is 0 Å². The van der Waals surface area contributed by atoms with Crippen LogP contribution in [0.5, 0.6) is 11.5 Å². The minimum atomic E-state index is 0.405. The van der Waals surface area contributed by atoms with Crippen LogP contribution in [-0.2, 0) is 6.61 Å². The van der Waals surface area contributed by atoms with Crippen molar-refractivity contribution in [3.05, 3.63) is 84.9 Å². The van der Waals surface area contributed by atoms with Gasteiger partial charge in [0.25, 0.3) is 0 Å². The minimum Gasteiger partial charge on any atom is -0.493 e. The predicted octanol–water partition coefficient (Wildman–Crippen LogP) is 7.24. The van der Waals surface area contributed by atoms with Crippen LogP contribution < -0.4 is 9.47 Å². The van der Waals surface area contributed by atoms with E-state index in [0.717, 1.165) is 25.9 Å². The van der Waals surface area contributed by atoms with Crippen LogP contribution in [0.2, 0.25) is 10.0 Å². The Bertz CT molecular complexity index is 1020. The van der Waals surface area contributed by atoms with E-state index in [2.05, 4.69) is 27.6 Å². The Morgan fingerprint density at radius 3 is 2.61 bits per heavy atom.